The van der Waals surface area contributed by atoms with E-state index in [4.69, 9.17) is 9.84 Å². The lowest BCUT2D eigenvalue weighted by Crippen LogP contribution is -2.46. The summed E-state index contributed by atoms with van der Waals surface area (Å²) in [4.78, 5) is 10.6. The Morgan fingerprint density at radius 2 is 2.20 bits per heavy atom. The molecule has 1 aromatic rings. The molecular formula is C12H14FNO5S. The predicted octanol–water partition coefficient (Wildman–Crippen LogP) is 0.933. The summed E-state index contributed by atoms with van der Waals surface area (Å²) in [5.41, 5.74) is -0.660. The second kappa shape index (κ2) is 5.47. The topological polar surface area (TPSA) is 83.9 Å². The van der Waals surface area contributed by atoms with Crippen LogP contribution in [0.3, 0.4) is 0 Å². The third-order valence-corrected chi connectivity index (χ3v) is 5.09. The van der Waals surface area contributed by atoms with Crippen LogP contribution >= 0.6 is 0 Å². The van der Waals surface area contributed by atoms with Crippen LogP contribution in [0.2, 0.25) is 0 Å². The van der Waals surface area contributed by atoms with Crippen LogP contribution in [-0.2, 0) is 14.8 Å². The van der Waals surface area contributed by atoms with E-state index in [9.17, 15) is 17.6 Å². The monoisotopic (exact) mass is 303 g/mol. The van der Waals surface area contributed by atoms with Gasteiger partial charge in [0, 0.05) is 12.6 Å². The zero-order valence-corrected chi connectivity index (χ0v) is 11.6. The van der Waals surface area contributed by atoms with E-state index in [2.05, 4.69) is 0 Å². The molecule has 0 aliphatic carbocycles. The molecule has 0 amide bonds. The summed E-state index contributed by atoms with van der Waals surface area (Å²) in [7, 11) is -3.86. The Labute approximate surface area is 115 Å². The molecule has 1 N–H and O–H groups in total. The van der Waals surface area contributed by atoms with E-state index in [1.807, 2.05) is 0 Å². The zero-order valence-electron chi connectivity index (χ0n) is 10.7. The molecule has 0 spiro atoms. The van der Waals surface area contributed by atoms with Gasteiger partial charge in [0.2, 0.25) is 10.0 Å². The molecule has 1 aliphatic rings. The van der Waals surface area contributed by atoms with Crippen molar-refractivity contribution in [2.45, 2.75) is 17.9 Å². The lowest BCUT2D eigenvalue weighted by Gasteiger charge is -2.32. The SMILES string of the molecule is CC1COCCN1S(=O)(=O)c1ccc(F)c(C(=O)O)c1. The average molecular weight is 303 g/mol. The smallest absolute Gasteiger partial charge is 0.338 e. The normalized spacial score (nSPS) is 20.8. The molecule has 1 atom stereocenters. The van der Waals surface area contributed by atoms with Gasteiger partial charge in [-0.25, -0.2) is 17.6 Å². The first-order valence-electron chi connectivity index (χ1n) is 5.96. The van der Waals surface area contributed by atoms with Gasteiger partial charge in [-0.15, -0.1) is 0 Å². The van der Waals surface area contributed by atoms with Gasteiger partial charge in [0.05, 0.1) is 23.7 Å². The van der Waals surface area contributed by atoms with Gasteiger partial charge in [-0.1, -0.05) is 0 Å². The Morgan fingerprint density at radius 3 is 2.80 bits per heavy atom. The van der Waals surface area contributed by atoms with Gasteiger partial charge in [0.1, 0.15) is 5.82 Å². The highest BCUT2D eigenvalue weighted by Gasteiger charge is 2.32. The summed E-state index contributed by atoms with van der Waals surface area (Å²) in [6, 6.07) is 2.41. The number of benzene rings is 1. The van der Waals surface area contributed by atoms with E-state index in [1.54, 1.807) is 6.92 Å². The van der Waals surface area contributed by atoms with Gasteiger partial charge >= 0.3 is 5.97 Å². The van der Waals surface area contributed by atoms with Crippen LogP contribution in [-0.4, -0.2) is 49.6 Å². The van der Waals surface area contributed by atoms with Crippen LogP contribution in [0.15, 0.2) is 23.1 Å². The number of carboxylic acids is 1. The minimum Gasteiger partial charge on any atom is -0.478 e. The predicted molar refractivity (Wildman–Crippen MR) is 67.5 cm³/mol. The number of aromatic carboxylic acids is 1. The number of carbonyl (C=O) groups is 1. The molecule has 2 rings (SSSR count). The Kier molecular flexibility index (Phi) is 4.07. The van der Waals surface area contributed by atoms with Gasteiger partial charge in [-0.05, 0) is 25.1 Å². The summed E-state index contributed by atoms with van der Waals surface area (Å²) in [6.07, 6.45) is 0. The van der Waals surface area contributed by atoms with E-state index < -0.39 is 27.4 Å². The van der Waals surface area contributed by atoms with Gasteiger partial charge < -0.3 is 9.84 Å². The summed E-state index contributed by atoms with van der Waals surface area (Å²) in [5.74, 6) is -2.47. The van der Waals surface area contributed by atoms with E-state index in [-0.39, 0.29) is 30.7 Å². The molecule has 0 radical (unpaired) electrons. The van der Waals surface area contributed by atoms with Crippen molar-refractivity contribution in [1.29, 1.82) is 0 Å². The number of halogens is 1. The number of carboxylic acid groups (broad SMARTS) is 1. The van der Waals surface area contributed by atoms with Crippen molar-refractivity contribution in [1.82, 2.24) is 4.31 Å². The number of morpholine rings is 1. The van der Waals surface area contributed by atoms with Crippen molar-refractivity contribution in [3.8, 4) is 0 Å². The molecule has 1 aromatic carbocycles. The van der Waals surface area contributed by atoms with Gasteiger partial charge in [-0.3, -0.25) is 0 Å². The van der Waals surface area contributed by atoms with Crippen LogP contribution in [0.1, 0.15) is 17.3 Å². The lowest BCUT2D eigenvalue weighted by molar-refractivity contribution is 0.0392. The Hall–Kier alpha value is -1.51. The van der Waals surface area contributed by atoms with Crippen molar-refractivity contribution >= 4 is 16.0 Å². The molecule has 20 heavy (non-hydrogen) atoms. The van der Waals surface area contributed by atoms with Crippen molar-refractivity contribution in [2.24, 2.45) is 0 Å². The highest BCUT2D eigenvalue weighted by Crippen LogP contribution is 2.22. The largest absolute Gasteiger partial charge is 0.478 e. The van der Waals surface area contributed by atoms with Crippen molar-refractivity contribution < 1.29 is 27.4 Å². The summed E-state index contributed by atoms with van der Waals surface area (Å²) < 4.78 is 44.6. The van der Waals surface area contributed by atoms with Gasteiger partial charge in [0.25, 0.3) is 0 Å². The number of hydrogen-bond donors (Lipinski definition) is 1. The molecule has 1 fully saturated rings. The van der Waals surface area contributed by atoms with Gasteiger partial charge in [-0.2, -0.15) is 4.31 Å². The fraction of sp³-hybridized carbons (Fsp3) is 0.417. The van der Waals surface area contributed by atoms with Crippen molar-refractivity contribution in [3.63, 3.8) is 0 Å². The number of hydrogen-bond acceptors (Lipinski definition) is 4. The summed E-state index contributed by atoms with van der Waals surface area (Å²) >= 11 is 0. The molecule has 0 aromatic heterocycles. The quantitative estimate of drug-likeness (QED) is 0.898. The first-order chi connectivity index (χ1) is 9.34. The minimum absolute atomic E-state index is 0.184. The fourth-order valence-electron chi connectivity index (χ4n) is 2.03. The Morgan fingerprint density at radius 1 is 1.50 bits per heavy atom. The first kappa shape index (κ1) is 14.9. The maximum Gasteiger partial charge on any atom is 0.338 e. The van der Waals surface area contributed by atoms with Crippen LogP contribution in [0.25, 0.3) is 0 Å². The molecule has 0 saturated carbocycles. The van der Waals surface area contributed by atoms with E-state index in [0.29, 0.717) is 0 Å². The fourth-order valence-corrected chi connectivity index (χ4v) is 3.66. The van der Waals surface area contributed by atoms with Crippen LogP contribution in [0.4, 0.5) is 4.39 Å². The number of ether oxygens (including phenoxy) is 1. The maximum absolute atomic E-state index is 13.3. The van der Waals surface area contributed by atoms with Crippen molar-refractivity contribution in [2.75, 3.05) is 19.8 Å². The van der Waals surface area contributed by atoms with Crippen LogP contribution < -0.4 is 0 Å². The van der Waals surface area contributed by atoms with Crippen LogP contribution in [0, 0.1) is 5.82 Å². The van der Waals surface area contributed by atoms with E-state index in [1.165, 1.54) is 4.31 Å². The minimum atomic E-state index is -3.86. The van der Waals surface area contributed by atoms with Crippen molar-refractivity contribution in [3.05, 3.63) is 29.6 Å². The van der Waals surface area contributed by atoms with Crippen LogP contribution in [0.5, 0.6) is 0 Å². The third-order valence-electron chi connectivity index (χ3n) is 3.08. The second-order valence-electron chi connectivity index (χ2n) is 4.49. The first-order valence-corrected chi connectivity index (χ1v) is 7.40. The summed E-state index contributed by atoms with van der Waals surface area (Å²) in [6.45, 7) is 2.42. The maximum atomic E-state index is 13.3. The molecule has 6 nitrogen and oxygen atoms in total. The highest BCUT2D eigenvalue weighted by molar-refractivity contribution is 7.89. The molecule has 1 unspecified atom stereocenters. The second-order valence-corrected chi connectivity index (χ2v) is 6.38. The molecule has 1 saturated heterocycles. The zero-order chi connectivity index (χ0) is 14.9. The molecular weight excluding hydrogens is 289 g/mol. The Bertz CT molecular complexity index is 631. The molecule has 1 aliphatic heterocycles. The standard InChI is InChI=1S/C12H14FNO5S/c1-8-7-19-5-4-14(8)20(17,18)9-2-3-11(13)10(6-9)12(15)16/h2-3,6,8H,4-5,7H2,1H3,(H,15,16). The molecule has 110 valence electrons. The van der Waals surface area contributed by atoms with E-state index >= 15 is 0 Å². The number of sulfonamides is 1. The molecule has 1 heterocycles. The summed E-state index contributed by atoms with van der Waals surface area (Å²) in [5, 5.41) is 8.85. The Balaban J connectivity index is 2.44. The van der Waals surface area contributed by atoms with Gasteiger partial charge in [0.15, 0.2) is 0 Å². The molecule has 0 bridgehead atoms. The highest BCUT2D eigenvalue weighted by atomic mass is 32.2. The number of rotatable bonds is 3. The third kappa shape index (κ3) is 2.67. The lowest BCUT2D eigenvalue weighted by atomic mass is 10.2. The molecule has 8 heteroatoms. The van der Waals surface area contributed by atoms with E-state index in [0.717, 1.165) is 18.2 Å². The average Bonchev–Trinajstić information content (AvgIpc) is 2.38. The number of nitrogens with zero attached hydrogens (tertiary/aromatic N) is 1.